The van der Waals surface area contributed by atoms with E-state index in [1.54, 1.807) is 35.1 Å². The minimum atomic E-state index is -2.95. The predicted molar refractivity (Wildman–Crippen MR) is 115 cm³/mol. The maximum absolute atomic E-state index is 12.6. The van der Waals surface area contributed by atoms with Gasteiger partial charge in [0.2, 0.25) is 0 Å². The van der Waals surface area contributed by atoms with Crippen molar-refractivity contribution in [2.24, 2.45) is 0 Å². The zero-order valence-electron chi connectivity index (χ0n) is 15.1. The summed E-state index contributed by atoms with van der Waals surface area (Å²) in [5, 5.41) is 11.2. The Morgan fingerprint density at radius 2 is 1.90 bits per heavy atom. The summed E-state index contributed by atoms with van der Waals surface area (Å²) in [4.78, 5) is 0. The van der Waals surface area contributed by atoms with Gasteiger partial charge in [-0.05, 0) is 54.5 Å². The summed E-state index contributed by atoms with van der Waals surface area (Å²) in [5.41, 5.74) is 2.15. The molecular formula is C19H16Cl2F2N4OS. The average Bonchev–Trinajstić information content (AvgIpc) is 2.98. The molecule has 0 amide bonds. The first-order valence-corrected chi connectivity index (χ1v) is 9.57. The van der Waals surface area contributed by atoms with Gasteiger partial charge in [-0.15, -0.1) is 0 Å². The monoisotopic (exact) mass is 456 g/mol. The summed E-state index contributed by atoms with van der Waals surface area (Å²) in [6.45, 7) is -0.635. The number of nitrogens with zero attached hydrogens (tertiary/aromatic N) is 2. The van der Waals surface area contributed by atoms with Crippen molar-refractivity contribution in [3.8, 4) is 5.75 Å². The number of ether oxygens (including phenoxy) is 1. The molecule has 0 saturated carbocycles. The Labute approximate surface area is 181 Å². The number of alkyl halides is 2. The van der Waals surface area contributed by atoms with Crippen LogP contribution in [0.5, 0.6) is 5.75 Å². The second-order valence-corrected chi connectivity index (χ2v) is 7.36. The molecular weight excluding hydrogens is 441 g/mol. The number of aryl methyl sites for hydroxylation is 1. The van der Waals surface area contributed by atoms with Crippen LogP contribution in [-0.2, 0) is 6.54 Å². The predicted octanol–water partition coefficient (Wildman–Crippen LogP) is 5.96. The third-order valence-corrected chi connectivity index (χ3v) is 4.54. The summed E-state index contributed by atoms with van der Waals surface area (Å²) in [6, 6.07) is 12.1. The first-order valence-electron chi connectivity index (χ1n) is 8.41. The average molecular weight is 457 g/mol. The highest BCUT2D eigenvalue weighted by Crippen LogP contribution is 2.28. The highest BCUT2D eigenvalue weighted by atomic mass is 35.5. The summed E-state index contributed by atoms with van der Waals surface area (Å²) in [6.07, 6.45) is 1.65. The molecule has 3 aromatic rings. The Balaban J connectivity index is 1.69. The van der Waals surface area contributed by atoms with Crippen molar-refractivity contribution in [3.63, 3.8) is 0 Å². The fourth-order valence-corrected chi connectivity index (χ4v) is 3.07. The molecule has 0 atom stereocenters. The maximum atomic E-state index is 12.6. The molecule has 2 aromatic carbocycles. The summed E-state index contributed by atoms with van der Waals surface area (Å²) >= 11 is 17.4. The van der Waals surface area contributed by atoms with Crippen LogP contribution < -0.4 is 15.4 Å². The van der Waals surface area contributed by atoms with E-state index >= 15 is 0 Å². The Morgan fingerprint density at radius 1 is 1.17 bits per heavy atom. The fraction of sp³-hybridized carbons (Fsp3) is 0.158. The molecule has 0 aliphatic heterocycles. The first kappa shape index (κ1) is 21.3. The summed E-state index contributed by atoms with van der Waals surface area (Å²) in [5.74, 6) is 0.316. The molecule has 10 heteroatoms. The molecule has 0 saturated heterocycles. The quantitative estimate of drug-likeness (QED) is 0.448. The standard InChI is InChI=1S/C19H16Cl2F2N4OS/c1-11-2-7-16(28-18(22)23)15(8-11)24-19(29)25-17-14(21)10-27(26-17)9-12-3-5-13(20)6-4-12/h2-8,10,18H,9H2,1H3,(H2,24,25,26,29). The number of thiocarbonyl (C=S) groups is 1. The zero-order chi connectivity index (χ0) is 21.0. The number of rotatable bonds is 6. The lowest BCUT2D eigenvalue weighted by atomic mass is 10.2. The van der Waals surface area contributed by atoms with E-state index in [2.05, 4.69) is 20.5 Å². The van der Waals surface area contributed by atoms with Crippen LogP contribution in [0.3, 0.4) is 0 Å². The van der Waals surface area contributed by atoms with Crippen LogP contribution >= 0.6 is 35.4 Å². The van der Waals surface area contributed by atoms with E-state index in [4.69, 9.17) is 35.4 Å². The van der Waals surface area contributed by atoms with Gasteiger partial charge in [-0.3, -0.25) is 4.68 Å². The Bertz CT molecular complexity index is 1010. The minimum Gasteiger partial charge on any atom is -0.433 e. The molecule has 5 nitrogen and oxygen atoms in total. The van der Waals surface area contributed by atoms with Gasteiger partial charge >= 0.3 is 6.61 Å². The van der Waals surface area contributed by atoms with Crippen molar-refractivity contribution < 1.29 is 13.5 Å². The number of aromatic nitrogens is 2. The second kappa shape index (κ2) is 9.39. The van der Waals surface area contributed by atoms with Crippen LogP contribution in [0.25, 0.3) is 0 Å². The van der Waals surface area contributed by atoms with Gasteiger partial charge in [-0.25, -0.2) is 0 Å². The fourth-order valence-electron chi connectivity index (χ4n) is 2.54. The second-order valence-electron chi connectivity index (χ2n) is 6.11. The number of anilines is 2. The number of benzene rings is 2. The van der Waals surface area contributed by atoms with Crippen molar-refractivity contribution in [1.29, 1.82) is 0 Å². The topological polar surface area (TPSA) is 51.1 Å². The van der Waals surface area contributed by atoms with E-state index in [-0.39, 0.29) is 10.9 Å². The van der Waals surface area contributed by atoms with Crippen LogP contribution in [0.2, 0.25) is 10.0 Å². The smallest absolute Gasteiger partial charge is 0.387 e. The molecule has 0 radical (unpaired) electrons. The Hall–Kier alpha value is -2.42. The molecule has 0 bridgehead atoms. The van der Waals surface area contributed by atoms with Gasteiger partial charge in [0.1, 0.15) is 10.8 Å². The largest absolute Gasteiger partial charge is 0.433 e. The lowest BCUT2D eigenvalue weighted by molar-refractivity contribution is -0.0493. The molecule has 152 valence electrons. The van der Waals surface area contributed by atoms with Gasteiger partial charge in [0, 0.05) is 11.2 Å². The van der Waals surface area contributed by atoms with Crippen LogP contribution in [0.4, 0.5) is 20.3 Å². The van der Waals surface area contributed by atoms with Crippen molar-refractivity contribution in [2.75, 3.05) is 10.6 Å². The third-order valence-electron chi connectivity index (χ3n) is 3.81. The lowest BCUT2D eigenvalue weighted by Crippen LogP contribution is -2.20. The molecule has 2 N–H and O–H groups in total. The highest BCUT2D eigenvalue weighted by molar-refractivity contribution is 7.80. The minimum absolute atomic E-state index is 0.0193. The van der Waals surface area contributed by atoms with Gasteiger partial charge in [0.05, 0.1) is 12.2 Å². The van der Waals surface area contributed by atoms with Gasteiger partial charge in [-0.2, -0.15) is 13.9 Å². The van der Waals surface area contributed by atoms with E-state index < -0.39 is 6.61 Å². The molecule has 1 aromatic heterocycles. The SMILES string of the molecule is Cc1ccc(OC(F)F)c(NC(=S)Nc2nn(Cc3ccc(Cl)cc3)cc2Cl)c1. The van der Waals surface area contributed by atoms with Crippen molar-refractivity contribution in [2.45, 2.75) is 20.1 Å². The van der Waals surface area contributed by atoms with E-state index in [0.717, 1.165) is 11.1 Å². The lowest BCUT2D eigenvalue weighted by Gasteiger charge is -2.14. The number of nitrogens with one attached hydrogen (secondary N) is 2. The van der Waals surface area contributed by atoms with E-state index in [0.29, 0.717) is 28.1 Å². The van der Waals surface area contributed by atoms with Gasteiger partial charge in [0.25, 0.3) is 0 Å². The summed E-state index contributed by atoms with van der Waals surface area (Å²) in [7, 11) is 0. The maximum Gasteiger partial charge on any atom is 0.387 e. The van der Waals surface area contributed by atoms with Crippen molar-refractivity contribution >= 4 is 52.0 Å². The Kier molecular flexibility index (Phi) is 6.89. The van der Waals surface area contributed by atoms with Crippen molar-refractivity contribution in [3.05, 3.63) is 69.8 Å². The van der Waals surface area contributed by atoms with E-state index in [1.807, 2.05) is 19.1 Å². The molecule has 0 aliphatic carbocycles. The number of hydrogen-bond donors (Lipinski definition) is 2. The molecule has 3 rings (SSSR count). The van der Waals surface area contributed by atoms with Crippen LogP contribution in [0, 0.1) is 6.92 Å². The number of hydrogen-bond acceptors (Lipinski definition) is 3. The zero-order valence-corrected chi connectivity index (χ0v) is 17.5. The van der Waals surface area contributed by atoms with Gasteiger partial charge in [-0.1, -0.05) is 41.4 Å². The first-order chi connectivity index (χ1) is 13.8. The molecule has 29 heavy (non-hydrogen) atoms. The van der Waals surface area contributed by atoms with Gasteiger partial charge in [0.15, 0.2) is 10.9 Å². The van der Waals surface area contributed by atoms with Crippen LogP contribution in [0.15, 0.2) is 48.7 Å². The van der Waals surface area contributed by atoms with E-state index in [9.17, 15) is 8.78 Å². The molecule has 1 heterocycles. The molecule has 0 aliphatic rings. The van der Waals surface area contributed by atoms with E-state index in [1.165, 1.54) is 6.07 Å². The molecule has 0 unspecified atom stereocenters. The molecule has 0 fully saturated rings. The van der Waals surface area contributed by atoms with Crippen LogP contribution in [0.1, 0.15) is 11.1 Å². The molecule has 0 spiro atoms. The van der Waals surface area contributed by atoms with Gasteiger partial charge < -0.3 is 15.4 Å². The summed E-state index contributed by atoms with van der Waals surface area (Å²) < 4.78 is 31.4. The Morgan fingerprint density at radius 3 is 2.59 bits per heavy atom. The highest BCUT2D eigenvalue weighted by Gasteiger charge is 2.13. The number of halogens is 4. The normalized spacial score (nSPS) is 10.8. The van der Waals surface area contributed by atoms with Crippen molar-refractivity contribution in [1.82, 2.24) is 9.78 Å². The third kappa shape index (κ3) is 6.03. The van der Waals surface area contributed by atoms with Crippen LogP contribution in [-0.4, -0.2) is 21.5 Å².